The molecule has 0 aliphatic rings. The lowest BCUT2D eigenvalue weighted by Gasteiger charge is -2.16. The number of nitrogens with zero attached hydrogens (tertiary/aromatic N) is 1. The van der Waals surface area contributed by atoms with Crippen LogP contribution < -0.4 is 11.3 Å². The zero-order valence-electron chi connectivity index (χ0n) is 12.0. The fourth-order valence-corrected chi connectivity index (χ4v) is 3.34. The highest BCUT2D eigenvalue weighted by Gasteiger charge is 2.13. The Balaban J connectivity index is 1.86. The van der Waals surface area contributed by atoms with Crippen LogP contribution in [0, 0.1) is 6.92 Å². The van der Waals surface area contributed by atoms with Crippen molar-refractivity contribution < 1.29 is 0 Å². The van der Waals surface area contributed by atoms with Crippen molar-refractivity contribution in [2.75, 3.05) is 0 Å². The maximum Gasteiger partial charge on any atom is 0.0708 e. The highest BCUT2D eigenvalue weighted by molar-refractivity contribution is 7.09. The predicted octanol–water partition coefficient (Wildman–Crippen LogP) is 3.74. The summed E-state index contributed by atoms with van der Waals surface area (Å²) in [5.41, 5.74) is 6.21. The fraction of sp³-hybridized carbons (Fsp3) is 0.235. The summed E-state index contributed by atoms with van der Waals surface area (Å²) in [5, 5.41) is 3.31. The average Bonchev–Trinajstić information content (AvgIpc) is 3.01. The van der Waals surface area contributed by atoms with Crippen LogP contribution in [0.5, 0.6) is 0 Å². The van der Waals surface area contributed by atoms with E-state index in [1.807, 2.05) is 12.1 Å². The van der Waals surface area contributed by atoms with Gasteiger partial charge in [-0.05, 0) is 48.9 Å². The number of para-hydroxylation sites is 1. The Morgan fingerprint density at radius 2 is 2.10 bits per heavy atom. The van der Waals surface area contributed by atoms with E-state index in [4.69, 9.17) is 10.8 Å². The van der Waals surface area contributed by atoms with E-state index in [9.17, 15) is 0 Å². The molecule has 3 N–H and O–H groups in total. The minimum absolute atomic E-state index is 0.0791. The van der Waals surface area contributed by atoms with E-state index in [1.54, 1.807) is 11.3 Å². The minimum Gasteiger partial charge on any atom is -0.271 e. The number of aryl methyl sites for hydroxylation is 2. The second-order valence-electron chi connectivity index (χ2n) is 5.22. The molecule has 0 aliphatic carbocycles. The number of hydrogen-bond donors (Lipinski definition) is 2. The fourth-order valence-electron chi connectivity index (χ4n) is 2.61. The van der Waals surface area contributed by atoms with Crippen LogP contribution in [0.2, 0.25) is 0 Å². The van der Waals surface area contributed by atoms with Gasteiger partial charge >= 0.3 is 0 Å². The molecule has 0 spiro atoms. The lowest BCUT2D eigenvalue weighted by molar-refractivity contribution is 0.507. The van der Waals surface area contributed by atoms with Crippen molar-refractivity contribution >= 4 is 22.2 Å². The first-order valence-corrected chi connectivity index (χ1v) is 8.00. The van der Waals surface area contributed by atoms with E-state index >= 15 is 0 Å². The standard InChI is InChI=1S/C17H19N3S/c1-12-11-17(19-15-7-3-2-6-14(12)15)16(20-18)9-8-13-5-4-10-21-13/h2-7,10-11,16,20H,8-9,18H2,1H3. The number of hydrazine groups is 1. The Labute approximate surface area is 128 Å². The third kappa shape index (κ3) is 3.13. The third-order valence-electron chi connectivity index (χ3n) is 3.76. The van der Waals surface area contributed by atoms with Crippen LogP contribution in [0.25, 0.3) is 10.9 Å². The SMILES string of the molecule is Cc1cc(C(CCc2cccs2)NN)nc2ccccc12. The average molecular weight is 297 g/mol. The van der Waals surface area contributed by atoms with E-state index in [1.165, 1.54) is 15.8 Å². The summed E-state index contributed by atoms with van der Waals surface area (Å²) in [6, 6.07) is 14.7. The van der Waals surface area contributed by atoms with Crippen molar-refractivity contribution in [1.29, 1.82) is 0 Å². The summed E-state index contributed by atoms with van der Waals surface area (Å²) in [4.78, 5) is 6.15. The number of nitrogens with two attached hydrogens (primary N) is 1. The molecule has 3 aromatic rings. The van der Waals surface area contributed by atoms with Crippen LogP contribution in [0.1, 0.15) is 28.6 Å². The van der Waals surface area contributed by atoms with Crippen LogP contribution >= 0.6 is 11.3 Å². The molecule has 2 aromatic heterocycles. The molecular formula is C17H19N3S. The quantitative estimate of drug-likeness (QED) is 0.557. The maximum atomic E-state index is 5.75. The Morgan fingerprint density at radius 3 is 2.86 bits per heavy atom. The first-order valence-electron chi connectivity index (χ1n) is 7.12. The monoisotopic (exact) mass is 297 g/mol. The summed E-state index contributed by atoms with van der Waals surface area (Å²) in [5.74, 6) is 5.75. The maximum absolute atomic E-state index is 5.75. The first-order chi connectivity index (χ1) is 10.3. The highest BCUT2D eigenvalue weighted by atomic mass is 32.1. The van der Waals surface area contributed by atoms with Crippen molar-refractivity contribution in [1.82, 2.24) is 10.4 Å². The second-order valence-corrected chi connectivity index (χ2v) is 6.25. The Morgan fingerprint density at radius 1 is 1.24 bits per heavy atom. The van der Waals surface area contributed by atoms with Crippen LogP contribution in [-0.2, 0) is 6.42 Å². The number of rotatable bonds is 5. The molecule has 0 saturated carbocycles. The topological polar surface area (TPSA) is 50.9 Å². The molecule has 0 fully saturated rings. The van der Waals surface area contributed by atoms with Crippen LogP contribution in [-0.4, -0.2) is 4.98 Å². The summed E-state index contributed by atoms with van der Waals surface area (Å²) >= 11 is 1.79. The van der Waals surface area contributed by atoms with Gasteiger partial charge in [-0.2, -0.15) is 0 Å². The van der Waals surface area contributed by atoms with Gasteiger partial charge < -0.3 is 0 Å². The smallest absolute Gasteiger partial charge is 0.0708 e. The number of benzene rings is 1. The van der Waals surface area contributed by atoms with Gasteiger partial charge in [0.1, 0.15) is 0 Å². The lowest BCUT2D eigenvalue weighted by Crippen LogP contribution is -2.29. The van der Waals surface area contributed by atoms with Crippen LogP contribution in [0.3, 0.4) is 0 Å². The van der Waals surface area contributed by atoms with Gasteiger partial charge in [-0.25, -0.2) is 0 Å². The number of nitrogens with one attached hydrogen (secondary N) is 1. The molecule has 4 heteroatoms. The normalized spacial score (nSPS) is 12.7. The summed E-state index contributed by atoms with van der Waals surface area (Å²) < 4.78 is 0. The van der Waals surface area contributed by atoms with Gasteiger partial charge in [0.05, 0.1) is 17.3 Å². The van der Waals surface area contributed by atoms with E-state index in [0.717, 1.165) is 24.1 Å². The zero-order chi connectivity index (χ0) is 14.7. The van der Waals surface area contributed by atoms with Crippen molar-refractivity contribution in [3.8, 4) is 0 Å². The van der Waals surface area contributed by atoms with Crippen molar-refractivity contribution in [3.63, 3.8) is 0 Å². The Hall–Kier alpha value is -1.75. The molecule has 3 nitrogen and oxygen atoms in total. The molecule has 1 aromatic carbocycles. The van der Waals surface area contributed by atoms with Gasteiger partial charge in [0.25, 0.3) is 0 Å². The van der Waals surface area contributed by atoms with Crippen molar-refractivity contribution in [3.05, 3.63) is 64.0 Å². The van der Waals surface area contributed by atoms with Crippen molar-refractivity contribution in [2.24, 2.45) is 5.84 Å². The molecule has 0 radical (unpaired) electrons. The van der Waals surface area contributed by atoms with E-state index in [-0.39, 0.29) is 6.04 Å². The van der Waals surface area contributed by atoms with Crippen LogP contribution in [0.15, 0.2) is 47.8 Å². The van der Waals surface area contributed by atoms with Gasteiger partial charge in [-0.3, -0.25) is 16.3 Å². The van der Waals surface area contributed by atoms with E-state index in [2.05, 4.69) is 48.1 Å². The molecule has 21 heavy (non-hydrogen) atoms. The number of pyridine rings is 1. The number of aromatic nitrogens is 1. The Bertz CT molecular complexity index is 722. The number of hydrogen-bond acceptors (Lipinski definition) is 4. The Kier molecular flexibility index (Phi) is 4.29. The van der Waals surface area contributed by atoms with Gasteiger partial charge in [0.2, 0.25) is 0 Å². The van der Waals surface area contributed by atoms with Gasteiger partial charge in [0.15, 0.2) is 0 Å². The number of fused-ring (bicyclic) bond motifs is 1. The highest BCUT2D eigenvalue weighted by Crippen LogP contribution is 2.24. The van der Waals surface area contributed by atoms with Gasteiger partial charge in [-0.1, -0.05) is 24.3 Å². The minimum atomic E-state index is 0.0791. The largest absolute Gasteiger partial charge is 0.271 e. The molecule has 2 heterocycles. The van der Waals surface area contributed by atoms with Crippen molar-refractivity contribution in [2.45, 2.75) is 25.8 Å². The number of thiophene rings is 1. The van der Waals surface area contributed by atoms with Crippen LogP contribution in [0.4, 0.5) is 0 Å². The molecule has 1 unspecified atom stereocenters. The summed E-state index contributed by atoms with van der Waals surface area (Å²) in [6.07, 6.45) is 1.96. The molecule has 1 atom stereocenters. The predicted molar refractivity (Wildman–Crippen MR) is 89.2 cm³/mol. The second kappa shape index (κ2) is 6.35. The molecule has 0 bridgehead atoms. The summed E-state index contributed by atoms with van der Waals surface area (Å²) in [7, 11) is 0. The first kappa shape index (κ1) is 14.2. The molecule has 108 valence electrons. The summed E-state index contributed by atoms with van der Waals surface area (Å²) in [6.45, 7) is 2.13. The molecule has 3 rings (SSSR count). The molecular weight excluding hydrogens is 278 g/mol. The van der Waals surface area contributed by atoms with E-state index in [0.29, 0.717) is 0 Å². The van der Waals surface area contributed by atoms with Gasteiger partial charge in [0, 0.05) is 10.3 Å². The lowest BCUT2D eigenvalue weighted by atomic mass is 10.0. The van der Waals surface area contributed by atoms with Gasteiger partial charge in [-0.15, -0.1) is 11.3 Å². The third-order valence-corrected chi connectivity index (χ3v) is 4.70. The van der Waals surface area contributed by atoms with E-state index < -0.39 is 0 Å². The molecule has 0 saturated heterocycles. The zero-order valence-corrected chi connectivity index (χ0v) is 12.9. The molecule has 0 aliphatic heterocycles. The molecule has 0 amide bonds.